The minimum atomic E-state index is -4.70. The fourth-order valence-corrected chi connectivity index (χ4v) is 2.95. The number of unbranched alkanes of at least 4 members (excludes halogenated alkanes) is 3. The third-order valence-corrected chi connectivity index (χ3v) is 4.19. The highest BCUT2D eigenvalue weighted by Crippen LogP contribution is 2.38. The van der Waals surface area contributed by atoms with Crippen LogP contribution in [0.1, 0.15) is 51.0 Å². The summed E-state index contributed by atoms with van der Waals surface area (Å²) in [5.74, 6) is -0.388. The van der Waals surface area contributed by atoms with Crippen molar-refractivity contribution in [1.29, 1.82) is 0 Å². The molecule has 0 aliphatic heterocycles. The second-order valence-electron chi connectivity index (χ2n) is 6.10. The van der Waals surface area contributed by atoms with Gasteiger partial charge in [-0.2, -0.15) is 0 Å². The van der Waals surface area contributed by atoms with Crippen molar-refractivity contribution < 1.29 is 22.3 Å². The number of hydrogen-bond donors (Lipinski definition) is 0. The number of hydrogen-bond acceptors (Lipinski definition) is 1. The minimum Gasteiger partial charge on any atom is -0.281 e. The third kappa shape index (κ3) is 5.20. The van der Waals surface area contributed by atoms with Crippen LogP contribution in [-0.2, 0) is 4.74 Å². The van der Waals surface area contributed by atoms with Crippen LogP contribution >= 0.6 is 0 Å². The van der Waals surface area contributed by atoms with Crippen molar-refractivity contribution in [2.75, 3.05) is 0 Å². The predicted molar refractivity (Wildman–Crippen MR) is 86.8 cm³/mol. The topological polar surface area (TPSA) is 9.23 Å². The molecule has 1 atom stereocenters. The van der Waals surface area contributed by atoms with Gasteiger partial charge in [-0.25, -0.2) is 4.39 Å². The first kappa shape index (κ1) is 18.7. The fourth-order valence-electron chi connectivity index (χ4n) is 2.95. The van der Waals surface area contributed by atoms with Crippen LogP contribution in [0.5, 0.6) is 0 Å². The van der Waals surface area contributed by atoms with Gasteiger partial charge in [-0.1, -0.05) is 69.0 Å². The van der Waals surface area contributed by atoms with E-state index >= 15 is 0 Å². The van der Waals surface area contributed by atoms with Gasteiger partial charge < -0.3 is 0 Å². The Bertz CT molecular complexity index is 604. The molecule has 1 aliphatic rings. The van der Waals surface area contributed by atoms with Gasteiger partial charge in [0.25, 0.3) is 0 Å². The molecule has 0 aromatic heterocycles. The Morgan fingerprint density at radius 2 is 1.88 bits per heavy atom. The average molecular weight is 342 g/mol. The van der Waals surface area contributed by atoms with Crippen LogP contribution < -0.4 is 0 Å². The van der Waals surface area contributed by atoms with Crippen LogP contribution in [0.15, 0.2) is 42.5 Å². The molecular weight excluding hydrogens is 320 g/mol. The predicted octanol–water partition coefficient (Wildman–Crippen LogP) is 6.41. The molecule has 1 nitrogen and oxygen atoms in total. The largest absolute Gasteiger partial charge is 0.523 e. The lowest BCUT2D eigenvalue weighted by molar-refractivity contribution is -0.359. The van der Waals surface area contributed by atoms with Crippen LogP contribution in [0.25, 0.3) is 5.57 Å². The Labute approximate surface area is 140 Å². The molecule has 0 bridgehead atoms. The van der Waals surface area contributed by atoms with Gasteiger partial charge in [0.05, 0.1) is 5.60 Å². The van der Waals surface area contributed by atoms with Crippen molar-refractivity contribution in [1.82, 2.24) is 0 Å². The Hall–Kier alpha value is -1.62. The molecule has 0 amide bonds. The lowest BCUT2D eigenvalue weighted by Gasteiger charge is -2.33. The molecule has 1 aromatic rings. The molecule has 0 radical (unpaired) electrons. The minimum absolute atomic E-state index is 0.0821. The molecule has 2 rings (SSSR count). The fraction of sp³-hybridized carbons (Fsp3) is 0.474. The molecule has 0 fully saturated rings. The number of halogens is 4. The standard InChI is InChI=1S/C19H22F4O/c1-2-3-4-7-12-18(24-19(21,22)23)13-10-15(11-14-18)16-8-5-6-9-17(16)20/h5-6,8-11,13H,2-4,7,12,14H2,1H3. The van der Waals surface area contributed by atoms with Gasteiger partial charge in [-0.05, 0) is 24.5 Å². The maximum atomic E-state index is 13.8. The smallest absolute Gasteiger partial charge is 0.281 e. The lowest BCUT2D eigenvalue weighted by Crippen LogP contribution is -2.37. The Balaban J connectivity index is 2.14. The molecule has 0 saturated heterocycles. The van der Waals surface area contributed by atoms with E-state index in [4.69, 9.17) is 0 Å². The average Bonchev–Trinajstić information content (AvgIpc) is 2.52. The van der Waals surface area contributed by atoms with Gasteiger partial charge in [-0.3, -0.25) is 4.74 Å². The van der Waals surface area contributed by atoms with E-state index in [-0.39, 0.29) is 12.2 Å². The van der Waals surface area contributed by atoms with Gasteiger partial charge in [0.2, 0.25) is 0 Å². The molecule has 132 valence electrons. The van der Waals surface area contributed by atoms with Crippen LogP contribution in [0.4, 0.5) is 17.6 Å². The summed E-state index contributed by atoms with van der Waals surface area (Å²) >= 11 is 0. The number of allylic oxidation sites excluding steroid dienone is 2. The van der Waals surface area contributed by atoms with Crippen molar-refractivity contribution in [2.24, 2.45) is 0 Å². The molecule has 0 saturated carbocycles. The van der Waals surface area contributed by atoms with Crippen molar-refractivity contribution in [3.63, 3.8) is 0 Å². The molecule has 5 heteroatoms. The van der Waals surface area contributed by atoms with Gasteiger partial charge in [-0.15, -0.1) is 13.2 Å². The van der Waals surface area contributed by atoms with Crippen LogP contribution in [0, 0.1) is 5.82 Å². The SMILES string of the molecule is CCCCCCC1(OC(F)(F)F)C=CC(c2ccccc2F)=CC1. The Morgan fingerprint density at radius 3 is 2.46 bits per heavy atom. The highest BCUT2D eigenvalue weighted by atomic mass is 19.4. The zero-order valence-electron chi connectivity index (χ0n) is 13.7. The first-order valence-corrected chi connectivity index (χ1v) is 8.26. The van der Waals surface area contributed by atoms with Crippen molar-refractivity contribution in [3.05, 3.63) is 53.9 Å². The Morgan fingerprint density at radius 1 is 1.12 bits per heavy atom. The van der Waals surface area contributed by atoms with Gasteiger partial charge in [0.1, 0.15) is 5.82 Å². The second kappa shape index (κ2) is 7.97. The lowest BCUT2D eigenvalue weighted by atomic mass is 9.85. The van der Waals surface area contributed by atoms with Gasteiger partial charge >= 0.3 is 6.36 Å². The molecular formula is C19H22F4O. The molecule has 0 heterocycles. The zero-order valence-corrected chi connectivity index (χ0v) is 13.7. The molecule has 0 N–H and O–H groups in total. The van der Waals surface area contributed by atoms with Crippen LogP contribution in [-0.4, -0.2) is 12.0 Å². The van der Waals surface area contributed by atoms with Gasteiger partial charge in [0.15, 0.2) is 0 Å². The van der Waals surface area contributed by atoms with E-state index in [2.05, 4.69) is 4.74 Å². The summed E-state index contributed by atoms with van der Waals surface area (Å²) in [6, 6.07) is 6.23. The van der Waals surface area contributed by atoms with E-state index in [0.29, 0.717) is 24.0 Å². The number of benzene rings is 1. The molecule has 1 unspecified atom stereocenters. The Kier molecular flexibility index (Phi) is 6.21. The summed E-state index contributed by atoms with van der Waals surface area (Å²) in [4.78, 5) is 0. The quantitative estimate of drug-likeness (QED) is 0.411. The first-order chi connectivity index (χ1) is 11.4. The maximum absolute atomic E-state index is 13.8. The van der Waals surface area contributed by atoms with Crippen LogP contribution in [0.3, 0.4) is 0 Å². The summed E-state index contributed by atoms with van der Waals surface area (Å²) in [5, 5.41) is 0. The van der Waals surface area contributed by atoms with E-state index in [1.54, 1.807) is 24.3 Å². The number of alkyl halides is 3. The van der Waals surface area contributed by atoms with Crippen LogP contribution in [0.2, 0.25) is 0 Å². The highest BCUT2D eigenvalue weighted by Gasteiger charge is 2.42. The molecule has 0 spiro atoms. The summed E-state index contributed by atoms with van der Waals surface area (Å²) in [6.07, 6.45) is 3.82. The number of rotatable bonds is 7. The van der Waals surface area contributed by atoms with Crippen molar-refractivity contribution in [2.45, 2.75) is 57.4 Å². The molecule has 1 aromatic carbocycles. The van der Waals surface area contributed by atoms with Crippen molar-refractivity contribution >= 4 is 5.57 Å². The molecule has 1 aliphatic carbocycles. The second-order valence-corrected chi connectivity index (χ2v) is 6.10. The first-order valence-electron chi connectivity index (χ1n) is 8.26. The van der Waals surface area contributed by atoms with E-state index in [0.717, 1.165) is 19.3 Å². The summed E-state index contributed by atoms with van der Waals surface area (Å²) < 4.78 is 56.7. The number of ether oxygens (including phenoxy) is 1. The van der Waals surface area contributed by atoms with Crippen molar-refractivity contribution in [3.8, 4) is 0 Å². The molecule has 24 heavy (non-hydrogen) atoms. The van der Waals surface area contributed by atoms with E-state index in [1.165, 1.54) is 18.2 Å². The van der Waals surface area contributed by atoms with Gasteiger partial charge in [0, 0.05) is 5.56 Å². The summed E-state index contributed by atoms with van der Waals surface area (Å²) in [6.45, 7) is 2.05. The van der Waals surface area contributed by atoms with E-state index in [1.807, 2.05) is 6.92 Å². The van der Waals surface area contributed by atoms with E-state index in [9.17, 15) is 17.6 Å². The zero-order chi connectivity index (χ0) is 17.6. The maximum Gasteiger partial charge on any atom is 0.523 e. The highest BCUT2D eigenvalue weighted by molar-refractivity contribution is 5.75. The normalized spacial score (nSPS) is 21.0. The van der Waals surface area contributed by atoms with E-state index < -0.39 is 12.0 Å². The summed E-state index contributed by atoms with van der Waals surface area (Å²) in [5.41, 5.74) is -0.413. The monoisotopic (exact) mass is 342 g/mol. The third-order valence-electron chi connectivity index (χ3n) is 4.19. The summed E-state index contributed by atoms with van der Waals surface area (Å²) in [7, 11) is 0.